The average molecular weight is 305 g/mol. The zero-order valence-corrected chi connectivity index (χ0v) is 13.2. The van der Waals surface area contributed by atoms with Crippen LogP contribution in [0.2, 0.25) is 0 Å². The molecule has 2 aromatic rings. The minimum atomic E-state index is -0.238. The Morgan fingerprint density at radius 3 is 2.62 bits per heavy atom. The summed E-state index contributed by atoms with van der Waals surface area (Å²) in [6, 6.07) is 12.7. The molecule has 4 heteroatoms. The van der Waals surface area contributed by atoms with Crippen molar-refractivity contribution in [3.63, 3.8) is 0 Å². The number of rotatable bonds is 7. The van der Waals surface area contributed by atoms with Crippen LogP contribution in [0, 0.1) is 5.82 Å². The Labute approximate surface area is 129 Å². The third kappa shape index (κ3) is 4.22. The lowest BCUT2D eigenvalue weighted by atomic mass is 10.2. The largest absolute Gasteiger partial charge is 0.456 e. The quantitative estimate of drug-likeness (QED) is 0.584. The Morgan fingerprint density at radius 2 is 1.86 bits per heavy atom. The summed E-state index contributed by atoms with van der Waals surface area (Å²) >= 11 is 1.61. The lowest BCUT2D eigenvalue weighted by molar-refractivity contribution is 0.452. The fraction of sp³-hybridized carbons (Fsp3) is 0.294. The van der Waals surface area contributed by atoms with Crippen LogP contribution in [0.4, 0.5) is 4.39 Å². The maximum absolute atomic E-state index is 14.0. The van der Waals surface area contributed by atoms with E-state index in [1.807, 2.05) is 36.6 Å². The number of hydrogen-bond acceptors (Lipinski definition) is 3. The lowest BCUT2D eigenvalue weighted by Gasteiger charge is -2.14. The Morgan fingerprint density at radius 1 is 1.10 bits per heavy atom. The highest BCUT2D eigenvalue weighted by atomic mass is 32.2. The van der Waals surface area contributed by atoms with Gasteiger partial charge in [0.2, 0.25) is 0 Å². The Balaban J connectivity index is 2.24. The molecule has 0 aliphatic carbocycles. The molecule has 2 rings (SSSR count). The van der Waals surface area contributed by atoms with Crippen LogP contribution >= 0.6 is 11.8 Å². The lowest BCUT2D eigenvalue weighted by Crippen LogP contribution is -2.15. The molecule has 0 aliphatic rings. The summed E-state index contributed by atoms with van der Waals surface area (Å²) in [4.78, 5) is 1.04. The van der Waals surface area contributed by atoms with Gasteiger partial charge >= 0.3 is 0 Å². The molecule has 0 bridgehead atoms. The van der Waals surface area contributed by atoms with Gasteiger partial charge in [0, 0.05) is 17.0 Å². The van der Waals surface area contributed by atoms with Gasteiger partial charge in [-0.05, 0) is 43.5 Å². The minimum Gasteiger partial charge on any atom is -0.456 e. The first kappa shape index (κ1) is 15.9. The fourth-order valence-electron chi connectivity index (χ4n) is 2.02. The van der Waals surface area contributed by atoms with Crippen LogP contribution in [-0.4, -0.2) is 12.8 Å². The molecule has 0 spiro atoms. The molecule has 1 N–H and O–H groups in total. The van der Waals surface area contributed by atoms with E-state index < -0.39 is 0 Å². The van der Waals surface area contributed by atoms with E-state index >= 15 is 0 Å². The van der Waals surface area contributed by atoms with E-state index in [2.05, 4.69) is 12.2 Å². The van der Waals surface area contributed by atoms with Crippen molar-refractivity contribution in [1.82, 2.24) is 5.32 Å². The van der Waals surface area contributed by atoms with Gasteiger partial charge in [0.25, 0.3) is 0 Å². The highest BCUT2D eigenvalue weighted by Gasteiger charge is 2.11. The zero-order chi connectivity index (χ0) is 15.1. The Bertz CT molecular complexity index is 589. The topological polar surface area (TPSA) is 21.3 Å². The van der Waals surface area contributed by atoms with Crippen molar-refractivity contribution >= 4 is 11.8 Å². The van der Waals surface area contributed by atoms with Crippen molar-refractivity contribution in [2.24, 2.45) is 0 Å². The monoisotopic (exact) mass is 305 g/mol. The van der Waals surface area contributed by atoms with Gasteiger partial charge in [-0.25, -0.2) is 4.39 Å². The smallest absolute Gasteiger partial charge is 0.140 e. The van der Waals surface area contributed by atoms with Crippen LogP contribution in [0.25, 0.3) is 0 Å². The number of hydrogen-bond donors (Lipinski definition) is 1. The van der Waals surface area contributed by atoms with E-state index in [0.29, 0.717) is 17.9 Å². The molecule has 0 saturated carbocycles. The molecule has 0 saturated heterocycles. The van der Waals surface area contributed by atoms with Crippen LogP contribution in [0.5, 0.6) is 11.5 Å². The van der Waals surface area contributed by atoms with Crippen LogP contribution in [-0.2, 0) is 6.54 Å². The minimum absolute atomic E-state index is 0.238. The summed E-state index contributed by atoms with van der Waals surface area (Å²) in [5.41, 5.74) is 0.571. The molecular formula is C17H20FNOS. The van der Waals surface area contributed by atoms with Crippen molar-refractivity contribution in [1.29, 1.82) is 0 Å². The molecule has 0 fully saturated rings. The summed E-state index contributed by atoms with van der Waals surface area (Å²) in [6.07, 6.45) is 3.01. The predicted octanol–water partition coefficient (Wildman–Crippen LogP) is 4.84. The second kappa shape index (κ2) is 8.05. The van der Waals surface area contributed by atoms with Gasteiger partial charge in [-0.2, -0.15) is 0 Å². The summed E-state index contributed by atoms with van der Waals surface area (Å²) in [7, 11) is 0. The molecule has 0 aliphatic heterocycles. The van der Waals surface area contributed by atoms with Crippen molar-refractivity contribution < 1.29 is 9.13 Å². The normalized spacial score (nSPS) is 10.6. The van der Waals surface area contributed by atoms with E-state index in [4.69, 9.17) is 4.74 Å². The van der Waals surface area contributed by atoms with E-state index in [-0.39, 0.29) is 5.82 Å². The molecule has 0 atom stereocenters. The first-order chi connectivity index (χ1) is 10.3. The molecule has 112 valence electrons. The Hall–Kier alpha value is -1.52. The van der Waals surface area contributed by atoms with E-state index in [9.17, 15) is 4.39 Å². The summed E-state index contributed by atoms with van der Waals surface area (Å²) in [5.74, 6) is 1.09. The molecule has 2 nitrogen and oxygen atoms in total. The highest BCUT2D eigenvalue weighted by molar-refractivity contribution is 7.98. The summed E-state index contributed by atoms with van der Waals surface area (Å²) in [5, 5.41) is 3.22. The maximum Gasteiger partial charge on any atom is 0.140 e. The Kier molecular flexibility index (Phi) is 6.08. The number of nitrogens with one attached hydrogen (secondary N) is 1. The van der Waals surface area contributed by atoms with Crippen molar-refractivity contribution in [3.8, 4) is 11.5 Å². The van der Waals surface area contributed by atoms with Gasteiger partial charge in [-0.15, -0.1) is 11.8 Å². The van der Waals surface area contributed by atoms with Crippen molar-refractivity contribution in [3.05, 3.63) is 53.8 Å². The third-order valence-corrected chi connectivity index (χ3v) is 3.87. The van der Waals surface area contributed by atoms with Gasteiger partial charge in [0.05, 0.1) is 0 Å². The van der Waals surface area contributed by atoms with Crippen molar-refractivity contribution in [2.75, 3.05) is 12.8 Å². The van der Waals surface area contributed by atoms with E-state index in [1.54, 1.807) is 17.8 Å². The molecule has 0 amide bonds. The molecule has 0 aromatic heterocycles. The second-order valence-corrected chi connectivity index (χ2v) is 5.49. The summed E-state index contributed by atoms with van der Waals surface area (Å²) < 4.78 is 20.0. The number of thioether (sulfide) groups is 1. The summed E-state index contributed by atoms with van der Waals surface area (Å²) in [6.45, 7) is 3.41. The number of para-hydroxylation sites is 1. The molecule has 0 heterocycles. The van der Waals surface area contributed by atoms with Crippen molar-refractivity contribution in [2.45, 2.75) is 24.8 Å². The average Bonchev–Trinajstić information content (AvgIpc) is 2.50. The third-order valence-electron chi connectivity index (χ3n) is 3.09. The van der Waals surface area contributed by atoms with Gasteiger partial charge in [0.15, 0.2) is 0 Å². The highest BCUT2D eigenvalue weighted by Crippen LogP contribution is 2.33. The number of benzene rings is 2. The van der Waals surface area contributed by atoms with Crippen LogP contribution in [0.1, 0.15) is 18.9 Å². The molecular weight excluding hydrogens is 285 g/mol. The van der Waals surface area contributed by atoms with Gasteiger partial charge in [-0.1, -0.05) is 25.1 Å². The van der Waals surface area contributed by atoms with Gasteiger partial charge < -0.3 is 10.1 Å². The van der Waals surface area contributed by atoms with Crippen LogP contribution < -0.4 is 10.1 Å². The first-order valence-electron chi connectivity index (χ1n) is 7.05. The number of ether oxygens (including phenoxy) is 1. The van der Waals surface area contributed by atoms with Gasteiger partial charge in [-0.3, -0.25) is 0 Å². The molecule has 0 radical (unpaired) electrons. The molecule has 21 heavy (non-hydrogen) atoms. The number of halogens is 1. The van der Waals surface area contributed by atoms with Crippen LogP contribution in [0.3, 0.4) is 0 Å². The SMILES string of the molecule is CCCNCc1c(F)cccc1Oc1ccccc1SC. The maximum atomic E-state index is 14.0. The predicted molar refractivity (Wildman–Crippen MR) is 86.7 cm³/mol. The standard InChI is InChI=1S/C17H20FNOS/c1-3-11-19-12-13-14(18)7-6-9-15(13)20-16-8-4-5-10-17(16)21-2/h4-10,19H,3,11-12H2,1-2H3. The van der Waals surface area contributed by atoms with E-state index in [0.717, 1.165) is 23.6 Å². The fourth-order valence-corrected chi connectivity index (χ4v) is 2.54. The van der Waals surface area contributed by atoms with Crippen LogP contribution in [0.15, 0.2) is 47.4 Å². The zero-order valence-electron chi connectivity index (χ0n) is 12.4. The second-order valence-electron chi connectivity index (χ2n) is 4.65. The molecule has 2 aromatic carbocycles. The van der Waals surface area contributed by atoms with Gasteiger partial charge in [0.1, 0.15) is 17.3 Å². The first-order valence-corrected chi connectivity index (χ1v) is 8.27. The van der Waals surface area contributed by atoms with E-state index in [1.165, 1.54) is 6.07 Å². The molecule has 0 unspecified atom stereocenters.